The first-order chi connectivity index (χ1) is 9.15. The first kappa shape index (κ1) is 14.5. The van der Waals surface area contributed by atoms with Crippen molar-refractivity contribution in [3.8, 4) is 0 Å². The fourth-order valence-electron chi connectivity index (χ4n) is 3.52. The van der Waals surface area contributed by atoms with E-state index in [2.05, 4.69) is 0 Å². The third kappa shape index (κ3) is 2.42. The predicted molar refractivity (Wildman–Crippen MR) is 75.7 cm³/mol. The van der Waals surface area contributed by atoms with E-state index in [-0.39, 0.29) is 40.5 Å². The molecule has 2 bridgehead atoms. The molecule has 2 rings (SSSR count). The van der Waals surface area contributed by atoms with Gasteiger partial charge in [0.1, 0.15) is 12.1 Å². The molecule has 4 heteroatoms. The Labute approximate surface area is 118 Å². The summed E-state index contributed by atoms with van der Waals surface area (Å²) in [5.74, 6) is -0.665. The number of unbranched alkanes of at least 4 members (excludes halogenated alkanes) is 1. The van der Waals surface area contributed by atoms with Crippen molar-refractivity contribution in [2.24, 2.45) is 29.6 Å². The van der Waals surface area contributed by atoms with Crippen molar-refractivity contribution in [1.82, 2.24) is 0 Å². The number of carbonyl (C=O) groups is 3. The van der Waals surface area contributed by atoms with Crippen LogP contribution in [0.5, 0.6) is 0 Å². The van der Waals surface area contributed by atoms with Crippen LogP contribution >= 0.6 is 11.8 Å². The van der Waals surface area contributed by atoms with Crippen LogP contribution in [0.3, 0.4) is 0 Å². The molecule has 0 radical (unpaired) electrons. The van der Waals surface area contributed by atoms with Gasteiger partial charge in [0.2, 0.25) is 0 Å². The van der Waals surface area contributed by atoms with Crippen LogP contribution in [-0.2, 0) is 14.4 Å². The Morgan fingerprint density at radius 2 is 1.84 bits per heavy atom. The molecule has 19 heavy (non-hydrogen) atoms. The van der Waals surface area contributed by atoms with Crippen molar-refractivity contribution in [3.05, 3.63) is 12.2 Å². The largest absolute Gasteiger partial charge is 0.303 e. The average molecular weight is 280 g/mol. The Hall–Kier alpha value is -0.900. The van der Waals surface area contributed by atoms with Gasteiger partial charge in [-0.3, -0.25) is 9.59 Å². The van der Waals surface area contributed by atoms with Crippen molar-refractivity contribution in [2.75, 3.05) is 6.26 Å². The van der Waals surface area contributed by atoms with Crippen molar-refractivity contribution in [3.63, 3.8) is 0 Å². The molecule has 0 aromatic carbocycles. The second-order valence-corrected chi connectivity index (χ2v) is 6.21. The first-order valence-corrected chi connectivity index (χ1v) is 8.12. The van der Waals surface area contributed by atoms with Crippen molar-refractivity contribution in [2.45, 2.75) is 26.2 Å². The predicted octanol–water partition coefficient (Wildman–Crippen LogP) is 2.50. The summed E-state index contributed by atoms with van der Waals surface area (Å²) >= 11 is 1.18. The van der Waals surface area contributed by atoms with E-state index >= 15 is 0 Å². The van der Waals surface area contributed by atoms with Gasteiger partial charge in [-0.2, -0.15) is 0 Å². The molecular formula is C15H20O3S. The summed E-state index contributed by atoms with van der Waals surface area (Å²) in [4.78, 5) is 35.7. The van der Waals surface area contributed by atoms with Crippen LogP contribution in [0.25, 0.3) is 0 Å². The molecule has 0 spiro atoms. The highest BCUT2D eigenvalue weighted by Gasteiger charge is 2.56. The van der Waals surface area contributed by atoms with Gasteiger partial charge in [-0.05, 0) is 24.5 Å². The molecule has 0 saturated heterocycles. The second-order valence-electron chi connectivity index (χ2n) is 5.40. The number of aldehydes is 1. The molecule has 1 fully saturated rings. The van der Waals surface area contributed by atoms with E-state index in [1.807, 2.05) is 19.1 Å². The molecule has 0 aliphatic heterocycles. The number of allylic oxidation sites excluding steroid dienone is 2. The van der Waals surface area contributed by atoms with E-state index in [0.29, 0.717) is 6.42 Å². The minimum Gasteiger partial charge on any atom is -0.303 e. The third-order valence-electron chi connectivity index (χ3n) is 4.44. The van der Waals surface area contributed by atoms with Gasteiger partial charge in [0.15, 0.2) is 5.12 Å². The lowest BCUT2D eigenvalue weighted by molar-refractivity contribution is -0.129. The summed E-state index contributed by atoms with van der Waals surface area (Å²) in [7, 11) is 0. The van der Waals surface area contributed by atoms with E-state index in [0.717, 1.165) is 19.1 Å². The van der Waals surface area contributed by atoms with E-state index < -0.39 is 0 Å². The lowest BCUT2D eigenvalue weighted by Gasteiger charge is -2.24. The summed E-state index contributed by atoms with van der Waals surface area (Å²) in [6.07, 6.45) is 8.99. The standard InChI is InChI=1S/C15H20O3S/c1-3-4-5-12(17)13-9-6-7-10(11(9)8-16)14(13)15(18)19-2/h6-11,13-14H,3-5H2,1-2H3/t9-,10+,11-,13-,14-/m1/s1. The summed E-state index contributed by atoms with van der Waals surface area (Å²) in [5.41, 5.74) is 0. The Kier molecular flexibility index (Phi) is 4.61. The smallest absolute Gasteiger partial charge is 0.193 e. The third-order valence-corrected chi connectivity index (χ3v) is 5.11. The van der Waals surface area contributed by atoms with Gasteiger partial charge in [-0.1, -0.05) is 37.3 Å². The monoisotopic (exact) mass is 280 g/mol. The van der Waals surface area contributed by atoms with Crippen LogP contribution in [0.4, 0.5) is 0 Å². The van der Waals surface area contributed by atoms with Crippen LogP contribution in [0.1, 0.15) is 26.2 Å². The summed E-state index contributed by atoms with van der Waals surface area (Å²) < 4.78 is 0. The normalized spacial score (nSPS) is 35.6. The quantitative estimate of drug-likeness (QED) is 0.554. The number of thioether (sulfide) groups is 1. The van der Waals surface area contributed by atoms with Crippen molar-refractivity contribution >= 4 is 28.9 Å². The molecule has 0 amide bonds. The highest BCUT2D eigenvalue weighted by molar-refractivity contribution is 8.13. The Bertz CT molecular complexity index is 416. The van der Waals surface area contributed by atoms with E-state index in [1.54, 1.807) is 6.26 Å². The molecule has 0 unspecified atom stereocenters. The minimum absolute atomic E-state index is 0.0482. The maximum absolute atomic E-state index is 12.4. The summed E-state index contributed by atoms with van der Waals surface area (Å²) in [5, 5.41) is 0.0542. The number of ketones is 1. The molecule has 0 aromatic heterocycles. The molecule has 2 aliphatic carbocycles. The van der Waals surface area contributed by atoms with Crippen LogP contribution in [0.2, 0.25) is 0 Å². The number of fused-ring (bicyclic) bond motifs is 2. The van der Waals surface area contributed by atoms with E-state index in [9.17, 15) is 14.4 Å². The second kappa shape index (κ2) is 6.04. The molecule has 3 nitrogen and oxygen atoms in total. The SMILES string of the molecule is CCCCC(=O)[C@H]1[C@@H]2C=C[C@@H]([C@@H]2C=O)[C@H]1C(=O)SC. The lowest BCUT2D eigenvalue weighted by Crippen LogP contribution is -2.31. The molecule has 0 heterocycles. The first-order valence-electron chi connectivity index (χ1n) is 6.89. The van der Waals surface area contributed by atoms with Gasteiger partial charge in [-0.15, -0.1) is 0 Å². The fraction of sp³-hybridized carbons (Fsp3) is 0.667. The van der Waals surface area contributed by atoms with Crippen LogP contribution in [-0.4, -0.2) is 23.4 Å². The zero-order chi connectivity index (χ0) is 14.0. The van der Waals surface area contributed by atoms with Crippen LogP contribution in [0.15, 0.2) is 12.2 Å². The molecule has 5 atom stereocenters. The molecule has 0 N–H and O–H groups in total. The van der Waals surface area contributed by atoms with Crippen LogP contribution < -0.4 is 0 Å². The molecule has 0 aromatic rings. The lowest BCUT2D eigenvalue weighted by atomic mass is 9.79. The molecular weight excluding hydrogens is 260 g/mol. The van der Waals surface area contributed by atoms with Crippen molar-refractivity contribution in [1.29, 1.82) is 0 Å². The van der Waals surface area contributed by atoms with Gasteiger partial charge in [0.05, 0.1) is 0 Å². The van der Waals surface area contributed by atoms with Gasteiger partial charge in [0, 0.05) is 24.2 Å². The maximum atomic E-state index is 12.4. The molecule has 104 valence electrons. The Balaban J connectivity index is 2.23. The average Bonchev–Trinajstić information content (AvgIpc) is 2.98. The van der Waals surface area contributed by atoms with E-state index in [4.69, 9.17) is 0 Å². The Morgan fingerprint density at radius 1 is 1.21 bits per heavy atom. The maximum Gasteiger partial charge on any atom is 0.193 e. The topological polar surface area (TPSA) is 51.2 Å². The molecule has 2 aliphatic rings. The van der Waals surface area contributed by atoms with Gasteiger partial charge in [0.25, 0.3) is 0 Å². The zero-order valence-corrected chi connectivity index (χ0v) is 12.2. The number of rotatable bonds is 6. The highest BCUT2D eigenvalue weighted by atomic mass is 32.2. The van der Waals surface area contributed by atoms with Gasteiger partial charge >= 0.3 is 0 Å². The van der Waals surface area contributed by atoms with Crippen molar-refractivity contribution < 1.29 is 14.4 Å². The fourth-order valence-corrected chi connectivity index (χ4v) is 4.10. The number of carbonyl (C=O) groups excluding carboxylic acids is 3. The number of Topliss-reactive ketones (excluding diaryl/α,β-unsaturated/α-hetero) is 1. The molecule has 1 saturated carbocycles. The highest BCUT2D eigenvalue weighted by Crippen LogP contribution is 2.53. The number of hydrogen-bond acceptors (Lipinski definition) is 4. The van der Waals surface area contributed by atoms with Gasteiger partial charge in [-0.25, -0.2) is 0 Å². The van der Waals surface area contributed by atoms with Gasteiger partial charge < -0.3 is 4.79 Å². The van der Waals surface area contributed by atoms with E-state index in [1.165, 1.54) is 11.8 Å². The minimum atomic E-state index is -0.287. The Morgan fingerprint density at radius 3 is 2.37 bits per heavy atom. The number of hydrogen-bond donors (Lipinski definition) is 0. The summed E-state index contributed by atoms with van der Waals surface area (Å²) in [6, 6.07) is 0. The summed E-state index contributed by atoms with van der Waals surface area (Å²) in [6.45, 7) is 2.05. The zero-order valence-electron chi connectivity index (χ0n) is 11.4. The van der Waals surface area contributed by atoms with Crippen LogP contribution in [0, 0.1) is 29.6 Å².